The van der Waals surface area contributed by atoms with Crippen molar-refractivity contribution >= 4 is 17.3 Å². The van der Waals surface area contributed by atoms with E-state index in [0.717, 1.165) is 23.3 Å². The summed E-state index contributed by atoms with van der Waals surface area (Å²) in [6.45, 7) is 0.548. The summed E-state index contributed by atoms with van der Waals surface area (Å²) in [6, 6.07) is 4.85. The van der Waals surface area contributed by atoms with Gasteiger partial charge >= 0.3 is 0 Å². The van der Waals surface area contributed by atoms with Gasteiger partial charge < -0.3 is 20.8 Å². The van der Waals surface area contributed by atoms with Gasteiger partial charge in [0.15, 0.2) is 16.6 Å². The number of rotatable bonds is 3. The molecule has 0 aliphatic heterocycles. The Kier molecular flexibility index (Phi) is 3.63. The molecule has 0 amide bonds. The van der Waals surface area contributed by atoms with E-state index in [1.165, 1.54) is 44.6 Å². The molecule has 4 saturated carbocycles. The molecule has 0 spiro atoms. The normalized spacial score (nSPS) is 34.3. The second kappa shape index (κ2) is 5.55. The molecule has 4 bridgehead atoms. The molecule has 0 aromatic heterocycles. The number of nitrogens with one attached hydrogen (secondary N) is 2. The monoisotopic (exact) mass is 332 g/mol. The molecule has 0 atom stereocenters. The van der Waals surface area contributed by atoms with Gasteiger partial charge in [-0.1, -0.05) is 6.07 Å². The molecule has 5 heteroatoms. The van der Waals surface area contributed by atoms with Crippen LogP contribution in [0.5, 0.6) is 11.5 Å². The number of benzene rings is 1. The number of aromatic hydroxyl groups is 2. The van der Waals surface area contributed by atoms with Gasteiger partial charge in [0.1, 0.15) is 0 Å². The predicted octanol–water partition coefficient (Wildman–Crippen LogP) is 3.03. The van der Waals surface area contributed by atoms with Crippen molar-refractivity contribution in [2.75, 3.05) is 0 Å². The van der Waals surface area contributed by atoms with Gasteiger partial charge in [0, 0.05) is 12.1 Å². The molecule has 1 aromatic rings. The fourth-order valence-corrected chi connectivity index (χ4v) is 5.70. The van der Waals surface area contributed by atoms with Gasteiger partial charge in [-0.2, -0.15) is 0 Å². The molecule has 4 aliphatic carbocycles. The van der Waals surface area contributed by atoms with E-state index in [-0.39, 0.29) is 17.0 Å². The van der Waals surface area contributed by atoms with Crippen LogP contribution in [-0.4, -0.2) is 20.9 Å². The van der Waals surface area contributed by atoms with Crippen molar-refractivity contribution < 1.29 is 10.2 Å². The lowest BCUT2D eigenvalue weighted by atomic mass is 9.53. The first kappa shape index (κ1) is 15.1. The molecular weight excluding hydrogens is 308 g/mol. The summed E-state index contributed by atoms with van der Waals surface area (Å²) in [5.41, 5.74) is 1.12. The van der Waals surface area contributed by atoms with Crippen LogP contribution in [0, 0.1) is 17.8 Å². The molecule has 23 heavy (non-hydrogen) atoms. The highest BCUT2D eigenvalue weighted by atomic mass is 32.1. The maximum absolute atomic E-state index is 9.55. The van der Waals surface area contributed by atoms with E-state index < -0.39 is 0 Å². The first-order valence-electron chi connectivity index (χ1n) is 8.58. The zero-order chi connectivity index (χ0) is 16.0. The first-order valence-corrected chi connectivity index (χ1v) is 8.99. The van der Waals surface area contributed by atoms with Crippen molar-refractivity contribution in [3.05, 3.63) is 23.8 Å². The van der Waals surface area contributed by atoms with E-state index in [1.807, 2.05) is 0 Å². The van der Waals surface area contributed by atoms with E-state index in [9.17, 15) is 10.2 Å². The average Bonchev–Trinajstić information content (AvgIpc) is 2.46. The second-order valence-electron chi connectivity index (χ2n) is 7.83. The summed E-state index contributed by atoms with van der Waals surface area (Å²) in [5.74, 6) is 2.49. The van der Waals surface area contributed by atoms with Crippen LogP contribution in [-0.2, 0) is 6.54 Å². The summed E-state index contributed by atoms with van der Waals surface area (Å²) in [7, 11) is 0. The Hall–Kier alpha value is -1.49. The lowest BCUT2D eigenvalue weighted by molar-refractivity contribution is -0.0101. The molecule has 0 saturated heterocycles. The number of hydrogen-bond acceptors (Lipinski definition) is 3. The van der Waals surface area contributed by atoms with Gasteiger partial charge in [-0.3, -0.25) is 0 Å². The summed E-state index contributed by atoms with van der Waals surface area (Å²) in [4.78, 5) is 0. The predicted molar refractivity (Wildman–Crippen MR) is 93.2 cm³/mol. The van der Waals surface area contributed by atoms with Gasteiger partial charge in [0.25, 0.3) is 0 Å². The quantitative estimate of drug-likeness (QED) is 0.506. The zero-order valence-electron chi connectivity index (χ0n) is 13.2. The van der Waals surface area contributed by atoms with Crippen LogP contribution < -0.4 is 10.6 Å². The van der Waals surface area contributed by atoms with Crippen LogP contribution in [0.4, 0.5) is 0 Å². The molecular formula is C18H24N2O2S. The van der Waals surface area contributed by atoms with Crippen molar-refractivity contribution in [3.63, 3.8) is 0 Å². The van der Waals surface area contributed by atoms with E-state index >= 15 is 0 Å². The number of phenolic OH excluding ortho intramolecular Hbond substituents is 2. The highest BCUT2D eigenvalue weighted by Gasteiger charge is 2.51. The third-order valence-electron chi connectivity index (χ3n) is 5.91. The van der Waals surface area contributed by atoms with Gasteiger partial charge in [0.2, 0.25) is 0 Å². The van der Waals surface area contributed by atoms with Gasteiger partial charge in [-0.25, -0.2) is 0 Å². The molecule has 4 fully saturated rings. The molecule has 1 aromatic carbocycles. The van der Waals surface area contributed by atoms with E-state index in [0.29, 0.717) is 11.7 Å². The summed E-state index contributed by atoms with van der Waals surface area (Å²) >= 11 is 5.51. The van der Waals surface area contributed by atoms with Crippen molar-refractivity contribution in [2.45, 2.75) is 50.6 Å². The molecule has 4 nitrogen and oxygen atoms in total. The van der Waals surface area contributed by atoms with Crippen LogP contribution in [0.1, 0.15) is 44.1 Å². The van der Waals surface area contributed by atoms with Crippen molar-refractivity contribution in [1.29, 1.82) is 0 Å². The lowest BCUT2D eigenvalue weighted by Gasteiger charge is -2.57. The minimum atomic E-state index is -0.0944. The van der Waals surface area contributed by atoms with Crippen LogP contribution in [0.25, 0.3) is 0 Å². The maximum atomic E-state index is 9.55. The molecule has 124 valence electrons. The molecule has 4 aliphatic rings. The molecule has 0 heterocycles. The van der Waals surface area contributed by atoms with Gasteiger partial charge in [-0.05, 0) is 86.2 Å². The highest BCUT2D eigenvalue weighted by molar-refractivity contribution is 7.80. The Morgan fingerprint density at radius 3 is 2.22 bits per heavy atom. The highest BCUT2D eigenvalue weighted by Crippen LogP contribution is 2.55. The topological polar surface area (TPSA) is 64.5 Å². The van der Waals surface area contributed by atoms with Crippen molar-refractivity contribution in [2.24, 2.45) is 17.8 Å². The summed E-state index contributed by atoms with van der Waals surface area (Å²) in [6.07, 6.45) is 8.07. The fourth-order valence-electron chi connectivity index (χ4n) is 5.41. The molecule has 4 N–H and O–H groups in total. The molecule has 0 unspecified atom stereocenters. The Balaban J connectivity index is 1.36. The first-order chi connectivity index (χ1) is 11.0. The average molecular weight is 332 g/mol. The Morgan fingerprint density at radius 1 is 1.04 bits per heavy atom. The minimum absolute atomic E-state index is 0.0933. The number of hydrogen-bond donors (Lipinski definition) is 4. The minimum Gasteiger partial charge on any atom is -0.504 e. The number of phenols is 2. The van der Waals surface area contributed by atoms with Gasteiger partial charge in [-0.15, -0.1) is 0 Å². The fraction of sp³-hybridized carbons (Fsp3) is 0.611. The SMILES string of the molecule is Oc1ccc(CNC(=S)NC23CC4CC(CC(C4)C2)C3)cc1O. The van der Waals surface area contributed by atoms with Crippen molar-refractivity contribution in [1.82, 2.24) is 10.6 Å². The lowest BCUT2D eigenvalue weighted by Crippen LogP contribution is -2.61. The third-order valence-corrected chi connectivity index (χ3v) is 6.16. The van der Waals surface area contributed by atoms with Gasteiger partial charge in [0.05, 0.1) is 0 Å². The Bertz CT molecular complexity index is 596. The Labute approximate surface area is 142 Å². The zero-order valence-corrected chi connectivity index (χ0v) is 14.0. The molecule has 0 radical (unpaired) electrons. The second-order valence-corrected chi connectivity index (χ2v) is 8.24. The van der Waals surface area contributed by atoms with Crippen LogP contribution >= 0.6 is 12.2 Å². The standard InChI is InChI=1S/C18H24N2O2S/c21-15-2-1-11(6-16(15)22)10-19-17(23)20-18-7-12-3-13(8-18)5-14(4-12)9-18/h1-2,6,12-14,21-22H,3-5,7-10H2,(H2,19,20,23). The largest absolute Gasteiger partial charge is 0.504 e. The van der Waals surface area contributed by atoms with Crippen molar-refractivity contribution in [3.8, 4) is 11.5 Å². The van der Waals surface area contributed by atoms with E-state index in [4.69, 9.17) is 12.2 Å². The van der Waals surface area contributed by atoms with Crippen LogP contribution in [0.15, 0.2) is 18.2 Å². The van der Waals surface area contributed by atoms with Crippen LogP contribution in [0.3, 0.4) is 0 Å². The van der Waals surface area contributed by atoms with E-state index in [2.05, 4.69) is 10.6 Å². The maximum Gasteiger partial charge on any atom is 0.166 e. The molecule has 5 rings (SSSR count). The van der Waals surface area contributed by atoms with E-state index in [1.54, 1.807) is 12.1 Å². The summed E-state index contributed by atoms with van der Waals surface area (Å²) in [5, 5.41) is 26.5. The smallest absolute Gasteiger partial charge is 0.166 e. The van der Waals surface area contributed by atoms with Crippen LogP contribution in [0.2, 0.25) is 0 Å². The third kappa shape index (κ3) is 2.99. The summed E-state index contributed by atoms with van der Waals surface area (Å²) < 4.78 is 0. The number of thiocarbonyl (C=S) groups is 1. The Morgan fingerprint density at radius 2 is 1.65 bits per heavy atom.